The van der Waals surface area contributed by atoms with E-state index in [1.807, 2.05) is 54.6 Å². The minimum atomic E-state index is -0.629. The third-order valence-electron chi connectivity index (χ3n) is 3.59. The van der Waals surface area contributed by atoms with Gasteiger partial charge in [-0.05, 0) is 23.1 Å². The van der Waals surface area contributed by atoms with Crippen molar-refractivity contribution in [2.75, 3.05) is 0 Å². The van der Waals surface area contributed by atoms with Crippen LogP contribution in [0.25, 0.3) is 11.1 Å². The average molecular weight is 326 g/mol. The van der Waals surface area contributed by atoms with Crippen LogP contribution in [0.15, 0.2) is 54.6 Å². The van der Waals surface area contributed by atoms with Crippen molar-refractivity contribution < 1.29 is 9.59 Å². The van der Waals surface area contributed by atoms with E-state index >= 15 is 0 Å². The van der Waals surface area contributed by atoms with Gasteiger partial charge in [-0.2, -0.15) is 0 Å². The normalized spacial score (nSPS) is 11.4. The highest BCUT2D eigenvalue weighted by atomic mass is 16.2. The predicted molar refractivity (Wildman–Crippen MR) is 93.7 cm³/mol. The Hall–Kier alpha value is -2.86. The molecule has 0 fully saturated rings. The summed E-state index contributed by atoms with van der Waals surface area (Å²) in [5.41, 5.74) is 13.3. The minimum Gasteiger partial charge on any atom is -0.333 e. The zero-order valence-corrected chi connectivity index (χ0v) is 13.6. The van der Waals surface area contributed by atoms with Crippen LogP contribution >= 0.6 is 0 Å². The first-order chi connectivity index (χ1) is 11.6. The Morgan fingerprint density at radius 3 is 2.21 bits per heavy atom. The first-order valence-electron chi connectivity index (χ1n) is 7.83. The van der Waals surface area contributed by atoms with E-state index in [4.69, 9.17) is 5.73 Å². The van der Waals surface area contributed by atoms with Crippen LogP contribution < -0.4 is 21.9 Å². The van der Waals surface area contributed by atoms with Crippen LogP contribution in [-0.4, -0.2) is 18.0 Å². The first-order valence-corrected chi connectivity index (χ1v) is 7.83. The SMILES string of the molecule is CCC(N)C(=O)NNC(=O)NCc1ccc(-c2ccccc2)cc1. The van der Waals surface area contributed by atoms with Gasteiger partial charge in [0.2, 0.25) is 0 Å². The number of carbonyl (C=O) groups excluding carboxylic acids is 2. The molecule has 0 spiro atoms. The number of nitrogens with two attached hydrogens (primary N) is 1. The second kappa shape index (κ2) is 8.69. The molecule has 1 atom stereocenters. The molecule has 0 radical (unpaired) electrons. The fourth-order valence-electron chi connectivity index (χ4n) is 2.07. The molecule has 0 saturated carbocycles. The number of hydrogen-bond donors (Lipinski definition) is 4. The summed E-state index contributed by atoms with van der Waals surface area (Å²) in [6.07, 6.45) is 0.503. The summed E-state index contributed by atoms with van der Waals surface area (Å²) in [7, 11) is 0. The van der Waals surface area contributed by atoms with Crippen molar-refractivity contribution in [2.24, 2.45) is 5.73 Å². The molecule has 24 heavy (non-hydrogen) atoms. The molecular formula is C18H22N4O2. The summed E-state index contributed by atoms with van der Waals surface area (Å²) < 4.78 is 0. The third-order valence-corrected chi connectivity index (χ3v) is 3.59. The van der Waals surface area contributed by atoms with Crippen molar-refractivity contribution in [1.82, 2.24) is 16.2 Å². The van der Waals surface area contributed by atoms with Crippen LogP contribution in [0.2, 0.25) is 0 Å². The van der Waals surface area contributed by atoms with Crippen LogP contribution in [-0.2, 0) is 11.3 Å². The topological polar surface area (TPSA) is 96.2 Å². The van der Waals surface area contributed by atoms with Crippen LogP contribution in [0.5, 0.6) is 0 Å². The van der Waals surface area contributed by atoms with Crippen molar-refractivity contribution in [1.29, 1.82) is 0 Å². The number of amides is 3. The zero-order chi connectivity index (χ0) is 17.4. The standard InChI is InChI=1S/C18H22N4O2/c1-2-16(19)17(23)21-22-18(24)20-12-13-8-10-15(11-9-13)14-6-4-3-5-7-14/h3-11,16H,2,12,19H2,1H3,(H,21,23)(H2,20,22,24). The molecule has 0 aromatic heterocycles. The summed E-state index contributed by atoms with van der Waals surface area (Å²) in [5, 5.41) is 2.66. The van der Waals surface area contributed by atoms with Crippen LogP contribution in [0.1, 0.15) is 18.9 Å². The summed E-state index contributed by atoms with van der Waals surface area (Å²) >= 11 is 0. The lowest BCUT2D eigenvalue weighted by Gasteiger charge is -2.12. The number of benzene rings is 2. The number of rotatable bonds is 5. The van der Waals surface area contributed by atoms with E-state index in [0.29, 0.717) is 13.0 Å². The lowest BCUT2D eigenvalue weighted by Crippen LogP contribution is -2.51. The minimum absolute atomic E-state index is 0.358. The van der Waals surface area contributed by atoms with Gasteiger partial charge < -0.3 is 11.1 Å². The maximum absolute atomic E-state index is 11.6. The highest BCUT2D eigenvalue weighted by molar-refractivity contribution is 5.84. The van der Waals surface area contributed by atoms with E-state index in [0.717, 1.165) is 16.7 Å². The van der Waals surface area contributed by atoms with E-state index < -0.39 is 18.0 Å². The number of carbonyl (C=O) groups is 2. The lowest BCUT2D eigenvalue weighted by atomic mass is 10.0. The molecule has 0 saturated heterocycles. The molecule has 0 bridgehead atoms. The monoisotopic (exact) mass is 326 g/mol. The van der Waals surface area contributed by atoms with Crippen LogP contribution in [0.3, 0.4) is 0 Å². The fourth-order valence-corrected chi connectivity index (χ4v) is 2.07. The van der Waals surface area contributed by atoms with Crippen LogP contribution in [0, 0.1) is 0 Å². The molecule has 2 rings (SSSR count). The van der Waals surface area contributed by atoms with Gasteiger partial charge in [0.1, 0.15) is 0 Å². The van der Waals surface area contributed by atoms with Gasteiger partial charge in [0.15, 0.2) is 0 Å². The van der Waals surface area contributed by atoms with Gasteiger partial charge in [0.25, 0.3) is 5.91 Å². The molecular weight excluding hydrogens is 304 g/mol. The number of hydrogen-bond acceptors (Lipinski definition) is 3. The van der Waals surface area contributed by atoms with Gasteiger partial charge in [-0.3, -0.25) is 10.2 Å². The number of urea groups is 1. The van der Waals surface area contributed by atoms with Crippen molar-refractivity contribution >= 4 is 11.9 Å². The van der Waals surface area contributed by atoms with Crippen molar-refractivity contribution in [2.45, 2.75) is 25.9 Å². The molecule has 0 aliphatic carbocycles. The molecule has 1 unspecified atom stereocenters. The molecule has 0 aliphatic heterocycles. The Kier molecular flexibility index (Phi) is 6.33. The van der Waals surface area contributed by atoms with Crippen LogP contribution in [0.4, 0.5) is 4.79 Å². The Morgan fingerprint density at radius 2 is 1.58 bits per heavy atom. The molecule has 0 heterocycles. The predicted octanol–water partition coefficient (Wildman–Crippen LogP) is 1.92. The molecule has 126 valence electrons. The maximum atomic E-state index is 11.6. The molecule has 2 aromatic rings. The molecule has 2 aromatic carbocycles. The summed E-state index contributed by atoms with van der Waals surface area (Å²) in [4.78, 5) is 23.1. The molecule has 6 nitrogen and oxygen atoms in total. The van der Waals surface area contributed by atoms with E-state index in [1.165, 1.54) is 0 Å². The third kappa shape index (κ3) is 5.10. The second-order valence-electron chi connectivity index (χ2n) is 5.37. The zero-order valence-electron chi connectivity index (χ0n) is 13.6. The second-order valence-corrected chi connectivity index (χ2v) is 5.37. The van der Waals surface area contributed by atoms with Gasteiger partial charge in [-0.25, -0.2) is 10.2 Å². The quantitative estimate of drug-likeness (QED) is 0.632. The van der Waals surface area contributed by atoms with E-state index in [2.05, 4.69) is 16.2 Å². The Balaban J connectivity index is 1.80. The highest BCUT2D eigenvalue weighted by Gasteiger charge is 2.11. The molecule has 3 amide bonds. The smallest absolute Gasteiger partial charge is 0.333 e. The van der Waals surface area contributed by atoms with Gasteiger partial charge in [-0.15, -0.1) is 0 Å². The molecule has 0 aliphatic rings. The molecule has 5 N–H and O–H groups in total. The summed E-state index contributed by atoms with van der Waals surface area (Å²) in [6, 6.07) is 16.9. The first kappa shape index (κ1) is 17.5. The summed E-state index contributed by atoms with van der Waals surface area (Å²) in [5.74, 6) is -0.417. The lowest BCUT2D eigenvalue weighted by molar-refractivity contribution is -0.123. The number of nitrogens with one attached hydrogen (secondary N) is 3. The van der Waals surface area contributed by atoms with E-state index in [-0.39, 0.29) is 0 Å². The Labute approximate surface area is 141 Å². The number of hydrazine groups is 1. The summed E-state index contributed by atoms with van der Waals surface area (Å²) in [6.45, 7) is 2.15. The maximum Gasteiger partial charge on any atom is 0.333 e. The van der Waals surface area contributed by atoms with E-state index in [9.17, 15) is 9.59 Å². The Bertz CT molecular complexity index is 671. The van der Waals surface area contributed by atoms with E-state index in [1.54, 1.807) is 6.92 Å². The van der Waals surface area contributed by atoms with Gasteiger partial charge in [0.05, 0.1) is 6.04 Å². The highest BCUT2D eigenvalue weighted by Crippen LogP contribution is 2.19. The van der Waals surface area contributed by atoms with Gasteiger partial charge in [-0.1, -0.05) is 61.5 Å². The van der Waals surface area contributed by atoms with Gasteiger partial charge >= 0.3 is 6.03 Å². The van der Waals surface area contributed by atoms with Crippen molar-refractivity contribution in [3.63, 3.8) is 0 Å². The average Bonchev–Trinajstić information content (AvgIpc) is 2.64. The Morgan fingerprint density at radius 1 is 0.958 bits per heavy atom. The van der Waals surface area contributed by atoms with Gasteiger partial charge in [0, 0.05) is 6.54 Å². The van der Waals surface area contributed by atoms with Crippen molar-refractivity contribution in [3.05, 3.63) is 60.2 Å². The molecule has 6 heteroatoms. The largest absolute Gasteiger partial charge is 0.333 e. The van der Waals surface area contributed by atoms with Crippen molar-refractivity contribution in [3.8, 4) is 11.1 Å². The fraction of sp³-hybridized carbons (Fsp3) is 0.222.